The van der Waals surface area contributed by atoms with Gasteiger partial charge in [0.05, 0.1) is 11.4 Å². The molecule has 1 N–H and O–H groups in total. The van der Waals surface area contributed by atoms with E-state index in [1.807, 2.05) is 19.1 Å². The van der Waals surface area contributed by atoms with E-state index in [0.29, 0.717) is 11.6 Å². The zero-order chi connectivity index (χ0) is 21.3. The first-order valence-electron chi connectivity index (χ1n) is 9.88. The Bertz CT molecular complexity index is 1210. The molecule has 6 nitrogen and oxygen atoms in total. The van der Waals surface area contributed by atoms with E-state index in [2.05, 4.69) is 82.6 Å². The predicted octanol–water partition coefficient (Wildman–Crippen LogP) is 4.87. The molecule has 30 heavy (non-hydrogen) atoms. The number of benzene rings is 1. The van der Waals surface area contributed by atoms with Crippen LogP contribution >= 0.6 is 0 Å². The highest BCUT2D eigenvalue weighted by molar-refractivity contribution is 6.01. The zero-order valence-corrected chi connectivity index (χ0v) is 17.9. The van der Waals surface area contributed by atoms with Crippen LogP contribution in [0.5, 0.6) is 0 Å². The molecule has 150 valence electrons. The molecule has 4 rings (SSSR count). The summed E-state index contributed by atoms with van der Waals surface area (Å²) in [4.78, 5) is 8.34. The molecule has 0 aliphatic carbocycles. The standard InChI is InChI=1S/C24H24N6/c1-14-12-16(3)25-23(14)22(24-15(2)13-17(4)26-24)20-9-6-19(7-10-20)8-11-21-29-27-18(5)28-30-21/h6-13,25H,1-5H3/b11-8+,24-22-. The van der Waals surface area contributed by atoms with Crippen molar-refractivity contribution in [1.82, 2.24) is 25.4 Å². The fraction of sp³-hybridized carbons (Fsp3) is 0.208. The van der Waals surface area contributed by atoms with Gasteiger partial charge in [-0.1, -0.05) is 30.3 Å². The first kappa shape index (κ1) is 19.6. The number of nitrogens with zero attached hydrogens (tertiary/aromatic N) is 5. The average molecular weight is 396 g/mol. The molecule has 0 spiro atoms. The molecular weight excluding hydrogens is 372 g/mol. The van der Waals surface area contributed by atoms with Crippen molar-refractivity contribution in [2.24, 2.45) is 4.99 Å². The van der Waals surface area contributed by atoms with Crippen LogP contribution in [0.15, 0.2) is 52.7 Å². The number of nitrogens with one attached hydrogen (secondary N) is 1. The van der Waals surface area contributed by atoms with E-state index in [9.17, 15) is 0 Å². The van der Waals surface area contributed by atoms with Crippen molar-refractivity contribution in [2.45, 2.75) is 34.6 Å². The van der Waals surface area contributed by atoms with Crippen LogP contribution in [-0.2, 0) is 0 Å². The highest BCUT2D eigenvalue weighted by Gasteiger charge is 2.19. The lowest BCUT2D eigenvalue weighted by Gasteiger charge is -2.12. The molecule has 0 saturated carbocycles. The van der Waals surface area contributed by atoms with Gasteiger partial charge in [-0.2, -0.15) is 0 Å². The zero-order valence-electron chi connectivity index (χ0n) is 17.9. The van der Waals surface area contributed by atoms with E-state index < -0.39 is 0 Å². The van der Waals surface area contributed by atoms with Crippen molar-refractivity contribution >= 4 is 23.4 Å². The minimum absolute atomic E-state index is 0.487. The number of aryl methyl sites for hydroxylation is 3. The molecule has 1 aliphatic heterocycles. The Labute approximate surface area is 176 Å². The molecule has 0 fully saturated rings. The summed E-state index contributed by atoms with van der Waals surface area (Å²) >= 11 is 0. The summed E-state index contributed by atoms with van der Waals surface area (Å²) in [6.07, 6.45) is 5.89. The Morgan fingerprint density at radius 1 is 0.867 bits per heavy atom. The van der Waals surface area contributed by atoms with Gasteiger partial charge in [0.15, 0.2) is 11.6 Å². The van der Waals surface area contributed by atoms with Gasteiger partial charge in [0.2, 0.25) is 0 Å². The summed E-state index contributed by atoms with van der Waals surface area (Å²) in [6, 6.07) is 10.6. The predicted molar refractivity (Wildman–Crippen MR) is 121 cm³/mol. The fourth-order valence-corrected chi connectivity index (χ4v) is 3.60. The topological polar surface area (TPSA) is 79.7 Å². The highest BCUT2D eigenvalue weighted by Crippen LogP contribution is 2.35. The van der Waals surface area contributed by atoms with E-state index in [-0.39, 0.29) is 0 Å². The number of aromatic amines is 1. The number of rotatable bonds is 4. The number of allylic oxidation sites excluding steroid dienone is 2. The lowest BCUT2D eigenvalue weighted by atomic mass is 9.95. The van der Waals surface area contributed by atoms with Crippen molar-refractivity contribution < 1.29 is 0 Å². The van der Waals surface area contributed by atoms with Gasteiger partial charge in [0, 0.05) is 17.0 Å². The molecule has 6 heteroatoms. The molecule has 1 aromatic carbocycles. The van der Waals surface area contributed by atoms with Crippen LogP contribution in [0.3, 0.4) is 0 Å². The maximum Gasteiger partial charge on any atom is 0.196 e. The molecular formula is C24H24N6. The van der Waals surface area contributed by atoms with Gasteiger partial charge in [-0.15, -0.1) is 20.4 Å². The molecule has 0 saturated heterocycles. The maximum absolute atomic E-state index is 4.82. The number of hydrogen-bond acceptors (Lipinski definition) is 5. The summed E-state index contributed by atoms with van der Waals surface area (Å²) in [5, 5.41) is 15.9. The fourth-order valence-electron chi connectivity index (χ4n) is 3.60. The number of hydrogen-bond donors (Lipinski definition) is 1. The Morgan fingerprint density at radius 3 is 2.13 bits per heavy atom. The largest absolute Gasteiger partial charge is 0.358 e. The summed E-state index contributed by atoms with van der Waals surface area (Å²) in [5.41, 5.74) is 9.97. The third-order valence-corrected chi connectivity index (χ3v) is 4.94. The summed E-state index contributed by atoms with van der Waals surface area (Å²) < 4.78 is 0. The minimum Gasteiger partial charge on any atom is -0.358 e. The maximum atomic E-state index is 4.82. The number of aromatic nitrogens is 5. The lowest BCUT2D eigenvalue weighted by molar-refractivity contribution is 0.795. The van der Waals surface area contributed by atoms with Crippen molar-refractivity contribution in [3.05, 3.63) is 87.4 Å². The van der Waals surface area contributed by atoms with E-state index >= 15 is 0 Å². The molecule has 3 heterocycles. The first-order valence-corrected chi connectivity index (χ1v) is 9.88. The molecule has 1 aliphatic rings. The highest BCUT2D eigenvalue weighted by atomic mass is 15.3. The third kappa shape index (κ3) is 4.03. The van der Waals surface area contributed by atoms with Gasteiger partial charge >= 0.3 is 0 Å². The molecule has 0 unspecified atom stereocenters. The van der Waals surface area contributed by atoms with Gasteiger partial charge in [-0.05, 0) is 75.1 Å². The van der Waals surface area contributed by atoms with Gasteiger partial charge in [-0.25, -0.2) is 0 Å². The summed E-state index contributed by atoms with van der Waals surface area (Å²) in [5.74, 6) is 1.04. The van der Waals surface area contributed by atoms with Crippen LogP contribution in [0.1, 0.15) is 53.6 Å². The Kier molecular flexibility index (Phi) is 5.23. The molecule has 0 atom stereocenters. The molecule has 3 aromatic rings. The van der Waals surface area contributed by atoms with Crippen LogP contribution in [-0.4, -0.2) is 31.1 Å². The SMILES string of the molecule is CC1=CC(C)=N/C1=C(/c1ccc(/C=C/c2nnc(C)nn2)cc1)c1[nH]c(C)cc1C. The van der Waals surface area contributed by atoms with E-state index in [1.165, 1.54) is 11.1 Å². The number of aliphatic imine (C=N–C) groups is 1. The van der Waals surface area contributed by atoms with Gasteiger partial charge in [-0.3, -0.25) is 4.99 Å². The van der Waals surface area contributed by atoms with E-state index in [1.54, 1.807) is 6.92 Å². The Balaban J connectivity index is 1.72. The monoisotopic (exact) mass is 396 g/mol. The van der Waals surface area contributed by atoms with Crippen molar-refractivity contribution in [3.63, 3.8) is 0 Å². The van der Waals surface area contributed by atoms with Crippen molar-refractivity contribution in [2.75, 3.05) is 0 Å². The second kappa shape index (κ2) is 7.99. The van der Waals surface area contributed by atoms with Crippen LogP contribution in [0.2, 0.25) is 0 Å². The quantitative estimate of drug-likeness (QED) is 0.682. The summed E-state index contributed by atoms with van der Waals surface area (Å²) in [6.45, 7) is 10.1. The number of H-pyrrole nitrogens is 1. The van der Waals surface area contributed by atoms with E-state index in [4.69, 9.17) is 4.99 Å². The molecule has 0 bridgehead atoms. The van der Waals surface area contributed by atoms with Crippen molar-refractivity contribution in [3.8, 4) is 0 Å². The smallest absolute Gasteiger partial charge is 0.196 e. The Hall–Kier alpha value is -3.67. The summed E-state index contributed by atoms with van der Waals surface area (Å²) in [7, 11) is 0. The molecule has 2 aromatic heterocycles. The van der Waals surface area contributed by atoms with Crippen LogP contribution in [0, 0.1) is 20.8 Å². The van der Waals surface area contributed by atoms with Crippen LogP contribution in [0.4, 0.5) is 0 Å². The van der Waals surface area contributed by atoms with Gasteiger partial charge in [0.1, 0.15) is 0 Å². The molecule has 0 radical (unpaired) electrons. The lowest BCUT2D eigenvalue weighted by Crippen LogP contribution is -1.97. The average Bonchev–Trinajstić information content (AvgIpc) is 3.23. The first-order chi connectivity index (χ1) is 14.4. The van der Waals surface area contributed by atoms with E-state index in [0.717, 1.165) is 39.5 Å². The van der Waals surface area contributed by atoms with Gasteiger partial charge in [0.25, 0.3) is 0 Å². The second-order valence-corrected chi connectivity index (χ2v) is 7.58. The van der Waals surface area contributed by atoms with Gasteiger partial charge < -0.3 is 4.98 Å². The second-order valence-electron chi connectivity index (χ2n) is 7.58. The minimum atomic E-state index is 0.487. The van der Waals surface area contributed by atoms with Crippen molar-refractivity contribution in [1.29, 1.82) is 0 Å². The van der Waals surface area contributed by atoms with Crippen LogP contribution < -0.4 is 0 Å². The normalized spacial score (nSPS) is 15.5. The third-order valence-electron chi connectivity index (χ3n) is 4.94. The Morgan fingerprint density at radius 2 is 1.57 bits per heavy atom. The van der Waals surface area contributed by atoms with Crippen LogP contribution in [0.25, 0.3) is 17.7 Å². The molecule has 0 amide bonds.